The minimum Gasteiger partial charge on any atom is -0.344 e. The molecule has 1 aromatic carbocycles. The first-order valence-electron chi connectivity index (χ1n) is 8.10. The second-order valence-corrected chi connectivity index (χ2v) is 6.67. The predicted octanol–water partition coefficient (Wildman–Crippen LogP) is 2.99. The van der Waals surface area contributed by atoms with Gasteiger partial charge in [0.15, 0.2) is 0 Å². The Bertz CT molecular complexity index is 460. The van der Waals surface area contributed by atoms with Gasteiger partial charge in [0.25, 0.3) is 0 Å². The first-order chi connectivity index (χ1) is 10.0. The number of hydrogen-bond donors (Lipinski definition) is 1. The molecular formula is C18H28N2O. The van der Waals surface area contributed by atoms with Crippen molar-refractivity contribution in [1.82, 2.24) is 4.90 Å². The zero-order valence-corrected chi connectivity index (χ0v) is 13.3. The zero-order chi connectivity index (χ0) is 15.3. The quantitative estimate of drug-likeness (QED) is 0.905. The zero-order valence-electron chi connectivity index (χ0n) is 13.3. The lowest BCUT2D eigenvalue weighted by Gasteiger charge is -2.38. The average molecular weight is 288 g/mol. The largest absolute Gasteiger partial charge is 0.344 e. The fourth-order valence-corrected chi connectivity index (χ4v) is 3.43. The van der Waals surface area contributed by atoms with Crippen LogP contribution in [0.1, 0.15) is 44.6 Å². The fraction of sp³-hybridized carbons (Fsp3) is 0.611. The van der Waals surface area contributed by atoms with Gasteiger partial charge < -0.3 is 10.6 Å². The number of carbonyl (C=O) groups excluding carboxylic acids is 1. The van der Waals surface area contributed by atoms with Crippen LogP contribution in [-0.4, -0.2) is 29.9 Å². The van der Waals surface area contributed by atoms with Gasteiger partial charge in [0.2, 0.25) is 5.91 Å². The average Bonchev–Trinajstić information content (AvgIpc) is 2.47. The van der Waals surface area contributed by atoms with Gasteiger partial charge in [-0.2, -0.15) is 0 Å². The Morgan fingerprint density at radius 1 is 1.38 bits per heavy atom. The van der Waals surface area contributed by atoms with Crippen molar-refractivity contribution < 1.29 is 4.79 Å². The van der Waals surface area contributed by atoms with Gasteiger partial charge in [0.1, 0.15) is 0 Å². The summed E-state index contributed by atoms with van der Waals surface area (Å²) in [5.41, 5.74) is 7.09. The van der Waals surface area contributed by atoms with Crippen LogP contribution in [0.5, 0.6) is 0 Å². The minimum absolute atomic E-state index is 0.127. The summed E-state index contributed by atoms with van der Waals surface area (Å²) in [6, 6.07) is 10.4. The third-order valence-electron chi connectivity index (χ3n) is 4.61. The lowest BCUT2D eigenvalue weighted by atomic mass is 9.76. The van der Waals surface area contributed by atoms with Gasteiger partial charge in [0.05, 0.1) is 5.54 Å². The number of amides is 1. The molecule has 0 saturated heterocycles. The molecule has 0 bridgehead atoms. The molecule has 2 rings (SSSR count). The third kappa shape index (κ3) is 4.31. The second-order valence-electron chi connectivity index (χ2n) is 6.67. The van der Waals surface area contributed by atoms with Gasteiger partial charge in [-0.1, -0.05) is 50.1 Å². The summed E-state index contributed by atoms with van der Waals surface area (Å²) >= 11 is 0. The Hall–Kier alpha value is -1.35. The first kappa shape index (κ1) is 16.0. The SMILES string of the molecule is CC1CCCC(N)(C(=O)N(C)CCCc2ccccc2)C1. The van der Waals surface area contributed by atoms with Crippen molar-refractivity contribution >= 4 is 5.91 Å². The van der Waals surface area contributed by atoms with Crippen molar-refractivity contribution in [2.75, 3.05) is 13.6 Å². The number of rotatable bonds is 5. The van der Waals surface area contributed by atoms with E-state index in [0.29, 0.717) is 5.92 Å². The first-order valence-corrected chi connectivity index (χ1v) is 8.10. The van der Waals surface area contributed by atoms with E-state index in [9.17, 15) is 4.79 Å². The van der Waals surface area contributed by atoms with Gasteiger partial charge in [-0.3, -0.25) is 4.79 Å². The van der Waals surface area contributed by atoms with Crippen LogP contribution in [0.4, 0.5) is 0 Å². The van der Waals surface area contributed by atoms with Crippen molar-refractivity contribution in [1.29, 1.82) is 0 Å². The Balaban J connectivity index is 1.82. The molecule has 116 valence electrons. The maximum absolute atomic E-state index is 12.6. The highest BCUT2D eigenvalue weighted by molar-refractivity contribution is 5.86. The second kappa shape index (κ2) is 7.08. The number of aryl methyl sites for hydroxylation is 1. The number of carbonyl (C=O) groups is 1. The van der Waals surface area contributed by atoms with Crippen molar-refractivity contribution in [2.24, 2.45) is 11.7 Å². The summed E-state index contributed by atoms with van der Waals surface area (Å²) in [5, 5.41) is 0. The van der Waals surface area contributed by atoms with Gasteiger partial charge in [-0.15, -0.1) is 0 Å². The van der Waals surface area contributed by atoms with Crippen LogP contribution in [-0.2, 0) is 11.2 Å². The maximum atomic E-state index is 12.6. The summed E-state index contributed by atoms with van der Waals surface area (Å²) in [7, 11) is 1.89. The predicted molar refractivity (Wildman–Crippen MR) is 87.0 cm³/mol. The molecule has 21 heavy (non-hydrogen) atoms. The number of benzene rings is 1. The fourth-order valence-electron chi connectivity index (χ4n) is 3.43. The van der Waals surface area contributed by atoms with Gasteiger partial charge in [-0.25, -0.2) is 0 Å². The molecule has 1 saturated carbocycles. The molecule has 1 aliphatic rings. The van der Waals surface area contributed by atoms with Crippen LogP contribution in [0.15, 0.2) is 30.3 Å². The van der Waals surface area contributed by atoms with Crippen LogP contribution < -0.4 is 5.73 Å². The molecule has 2 N–H and O–H groups in total. The van der Waals surface area contributed by atoms with E-state index in [-0.39, 0.29) is 5.91 Å². The summed E-state index contributed by atoms with van der Waals surface area (Å²) in [6.45, 7) is 2.98. The van der Waals surface area contributed by atoms with Crippen LogP contribution >= 0.6 is 0 Å². The number of nitrogens with zero attached hydrogens (tertiary/aromatic N) is 1. The van der Waals surface area contributed by atoms with E-state index in [2.05, 4.69) is 31.2 Å². The highest BCUT2D eigenvalue weighted by atomic mass is 16.2. The monoisotopic (exact) mass is 288 g/mol. The molecule has 0 heterocycles. The molecule has 1 aliphatic carbocycles. The third-order valence-corrected chi connectivity index (χ3v) is 4.61. The molecule has 3 nitrogen and oxygen atoms in total. The van der Waals surface area contributed by atoms with Crippen molar-refractivity contribution in [3.63, 3.8) is 0 Å². The van der Waals surface area contributed by atoms with E-state index in [0.717, 1.165) is 38.6 Å². The maximum Gasteiger partial charge on any atom is 0.242 e. The molecule has 0 spiro atoms. The highest BCUT2D eigenvalue weighted by Gasteiger charge is 2.39. The van der Waals surface area contributed by atoms with E-state index >= 15 is 0 Å². The molecule has 0 aromatic heterocycles. The summed E-state index contributed by atoms with van der Waals surface area (Å²) in [5.74, 6) is 0.688. The Morgan fingerprint density at radius 2 is 2.10 bits per heavy atom. The van der Waals surface area contributed by atoms with Crippen molar-refractivity contribution in [3.05, 3.63) is 35.9 Å². The summed E-state index contributed by atoms with van der Waals surface area (Å²) in [4.78, 5) is 14.4. The van der Waals surface area contributed by atoms with E-state index in [4.69, 9.17) is 5.73 Å². The number of hydrogen-bond acceptors (Lipinski definition) is 2. The molecule has 2 atom stereocenters. The molecule has 2 unspecified atom stereocenters. The van der Waals surface area contributed by atoms with Crippen LogP contribution in [0.3, 0.4) is 0 Å². The standard InChI is InChI=1S/C18H28N2O/c1-15-8-6-12-18(19,14-15)17(21)20(2)13-7-11-16-9-4-3-5-10-16/h3-5,9-10,15H,6-8,11-14,19H2,1-2H3. The van der Waals surface area contributed by atoms with Gasteiger partial charge in [0, 0.05) is 13.6 Å². The van der Waals surface area contributed by atoms with E-state index < -0.39 is 5.54 Å². The van der Waals surface area contributed by atoms with Gasteiger partial charge >= 0.3 is 0 Å². The molecule has 0 aliphatic heterocycles. The number of likely N-dealkylation sites (N-methyl/N-ethyl adjacent to an activating group) is 1. The Morgan fingerprint density at radius 3 is 2.76 bits per heavy atom. The minimum atomic E-state index is -0.626. The molecule has 1 aromatic rings. The van der Waals surface area contributed by atoms with Crippen molar-refractivity contribution in [2.45, 2.75) is 51.0 Å². The summed E-state index contributed by atoms with van der Waals surface area (Å²) in [6.07, 6.45) is 5.92. The van der Waals surface area contributed by atoms with Gasteiger partial charge in [-0.05, 0) is 37.2 Å². The van der Waals surface area contributed by atoms with E-state index in [1.807, 2.05) is 18.0 Å². The molecular weight excluding hydrogens is 260 g/mol. The summed E-state index contributed by atoms with van der Waals surface area (Å²) < 4.78 is 0. The molecule has 1 fully saturated rings. The lowest BCUT2D eigenvalue weighted by molar-refractivity contribution is -0.137. The Kier molecular flexibility index (Phi) is 5.40. The normalized spacial score (nSPS) is 25.6. The van der Waals surface area contributed by atoms with Crippen LogP contribution in [0.2, 0.25) is 0 Å². The molecule has 1 amide bonds. The smallest absolute Gasteiger partial charge is 0.242 e. The van der Waals surface area contributed by atoms with E-state index in [1.165, 1.54) is 12.0 Å². The molecule has 0 radical (unpaired) electrons. The number of nitrogens with two attached hydrogens (primary N) is 1. The Labute approximate surface area is 128 Å². The highest BCUT2D eigenvalue weighted by Crippen LogP contribution is 2.31. The molecule has 3 heteroatoms. The van der Waals surface area contributed by atoms with Crippen LogP contribution in [0, 0.1) is 5.92 Å². The van der Waals surface area contributed by atoms with E-state index in [1.54, 1.807) is 0 Å². The van der Waals surface area contributed by atoms with Crippen LogP contribution in [0.25, 0.3) is 0 Å². The topological polar surface area (TPSA) is 46.3 Å². The van der Waals surface area contributed by atoms with Crippen molar-refractivity contribution in [3.8, 4) is 0 Å². The lowest BCUT2D eigenvalue weighted by Crippen LogP contribution is -2.56.